The Hall–Kier alpha value is -2.57. The topological polar surface area (TPSA) is 57.5 Å². The summed E-state index contributed by atoms with van der Waals surface area (Å²) >= 11 is 0. The Kier molecular flexibility index (Phi) is 7.01. The van der Waals surface area contributed by atoms with Crippen molar-refractivity contribution in [3.05, 3.63) is 78.0 Å². The fourth-order valence-electron chi connectivity index (χ4n) is 4.61. The molecule has 1 aliphatic rings. The van der Waals surface area contributed by atoms with Crippen LogP contribution in [0.5, 0.6) is 0 Å². The van der Waals surface area contributed by atoms with E-state index < -0.39 is 0 Å². The van der Waals surface area contributed by atoms with Crippen LogP contribution in [0.25, 0.3) is 21.7 Å². The SMILES string of the molecule is CC(ON1CCN(c2cccc3ccccc23)CC1)c1ccc2[nH]cc(CCN)c2c1.Cl. The number of nitrogens with two attached hydrogens (primary N) is 1. The van der Waals surface area contributed by atoms with Gasteiger partial charge >= 0.3 is 0 Å². The minimum atomic E-state index is 0. The maximum Gasteiger partial charge on any atom is 0.101 e. The molecule has 0 aliphatic carbocycles. The van der Waals surface area contributed by atoms with Crippen molar-refractivity contribution in [2.45, 2.75) is 19.4 Å². The van der Waals surface area contributed by atoms with E-state index in [-0.39, 0.29) is 18.5 Å². The number of aromatic amines is 1. The molecule has 4 aromatic rings. The lowest BCUT2D eigenvalue weighted by molar-refractivity contribution is -0.197. The number of hydrogen-bond acceptors (Lipinski definition) is 4. The molecule has 0 saturated carbocycles. The molecule has 2 heterocycles. The van der Waals surface area contributed by atoms with Gasteiger partial charge < -0.3 is 15.6 Å². The van der Waals surface area contributed by atoms with Crippen molar-refractivity contribution in [3.8, 4) is 0 Å². The fourth-order valence-corrected chi connectivity index (χ4v) is 4.61. The number of nitrogens with one attached hydrogen (secondary N) is 1. The van der Waals surface area contributed by atoms with Gasteiger partial charge in [-0.1, -0.05) is 42.5 Å². The highest BCUT2D eigenvalue weighted by molar-refractivity contribution is 5.94. The van der Waals surface area contributed by atoms with Crippen LogP contribution in [0, 0.1) is 0 Å². The van der Waals surface area contributed by atoms with Crippen LogP contribution in [0.3, 0.4) is 0 Å². The Balaban J connectivity index is 0.00000245. The lowest BCUT2D eigenvalue weighted by atomic mass is 10.0. The van der Waals surface area contributed by atoms with Crippen molar-refractivity contribution < 1.29 is 4.84 Å². The van der Waals surface area contributed by atoms with Crippen molar-refractivity contribution in [2.24, 2.45) is 5.73 Å². The molecule has 1 saturated heterocycles. The maximum atomic E-state index is 6.35. The van der Waals surface area contributed by atoms with E-state index in [1.165, 1.54) is 33.0 Å². The molecular weight excluding hydrogens is 420 g/mol. The van der Waals surface area contributed by atoms with Gasteiger partial charge in [-0.25, -0.2) is 0 Å². The zero-order valence-electron chi connectivity index (χ0n) is 18.5. The molecule has 5 nitrogen and oxygen atoms in total. The minimum Gasteiger partial charge on any atom is -0.368 e. The first-order valence-electron chi connectivity index (χ1n) is 11.2. The molecular formula is C26H31ClN4O. The van der Waals surface area contributed by atoms with Crippen LogP contribution in [0.1, 0.15) is 24.2 Å². The Bertz CT molecular complexity index is 1180. The van der Waals surface area contributed by atoms with Crippen LogP contribution in [-0.2, 0) is 11.3 Å². The molecule has 0 bridgehead atoms. The second-order valence-corrected chi connectivity index (χ2v) is 8.32. The zero-order chi connectivity index (χ0) is 21.2. The number of halogens is 1. The third-order valence-corrected chi connectivity index (χ3v) is 6.33. The van der Waals surface area contributed by atoms with Crippen LogP contribution in [0.2, 0.25) is 0 Å². The Morgan fingerprint density at radius 1 is 0.969 bits per heavy atom. The third-order valence-electron chi connectivity index (χ3n) is 6.33. The largest absolute Gasteiger partial charge is 0.368 e. The summed E-state index contributed by atoms with van der Waals surface area (Å²) in [6.07, 6.45) is 2.96. The summed E-state index contributed by atoms with van der Waals surface area (Å²) < 4.78 is 0. The summed E-state index contributed by atoms with van der Waals surface area (Å²) in [6.45, 7) is 6.48. The van der Waals surface area contributed by atoms with E-state index in [4.69, 9.17) is 10.6 Å². The smallest absolute Gasteiger partial charge is 0.101 e. The van der Waals surface area contributed by atoms with Gasteiger partial charge in [0.05, 0.1) is 0 Å². The van der Waals surface area contributed by atoms with Crippen LogP contribution in [-0.4, -0.2) is 42.8 Å². The number of H-pyrrole nitrogens is 1. The minimum absolute atomic E-state index is 0. The molecule has 32 heavy (non-hydrogen) atoms. The number of hydrogen-bond donors (Lipinski definition) is 2. The predicted molar refractivity (Wildman–Crippen MR) is 136 cm³/mol. The first kappa shape index (κ1) is 22.6. The summed E-state index contributed by atoms with van der Waals surface area (Å²) in [5, 5.41) is 5.98. The van der Waals surface area contributed by atoms with E-state index in [0.29, 0.717) is 6.54 Å². The second-order valence-electron chi connectivity index (χ2n) is 8.32. The molecule has 1 fully saturated rings. The van der Waals surface area contributed by atoms with Gasteiger partial charge in [0.2, 0.25) is 0 Å². The fraction of sp³-hybridized carbons (Fsp3) is 0.308. The molecule has 0 spiro atoms. The zero-order valence-corrected chi connectivity index (χ0v) is 19.3. The average molecular weight is 451 g/mol. The average Bonchev–Trinajstić information content (AvgIpc) is 3.21. The lowest BCUT2D eigenvalue weighted by Gasteiger charge is -2.37. The van der Waals surface area contributed by atoms with E-state index in [1.807, 2.05) is 0 Å². The monoisotopic (exact) mass is 450 g/mol. The molecule has 1 aromatic heterocycles. The van der Waals surface area contributed by atoms with Crippen molar-refractivity contribution >= 4 is 39.8 Å². The number of anilines is 1. The van der Waals surface area contributed by atoms with Crippen LogP contribution >= 0.6 is 12.4 Å². The quantitative estimate of drug-likeness (QED) is 0.431. The molecule has 0 radical (unpaired) electrons. The third kappa shape index (κ3) is 4.48. The highest BCUT2D eigenvalue weighted by Crippen LogP contribution is 2.29. The number of aromatic nitrogens is 1. The highest BCUT2D eigenvalue weighted by atomic mass is 35.5. The summed E-state index contributed by atoms with van der Waals surface area (Å²) in [5.41, 5.74) is 10.7. The number of piperazine rings is 1. The van der Waals surface area contributed by atoms with Crippen molar-refractivity contribution in [1.29, 1.82) is 0 Å². The normalized spacial score (nSPS) is 15.8. The van der Waals surface area contributed by atoms with E-state index in [0.717, 1.165) is 38.1 Å². The molecule has 3 N–H and O–H groups in total. The van der Waals surface area contributed by atoms with Crippen molar-refractivity contribution in [3.63, 3.8) is 0 Å². The molecule has 0 amide bonds. The summed E-state index contributed by atoms with van der Waals surface area (Å²) in [6, 6.07) is 21.7. The number of hydroxylamine groups is 2. The van der Waals surface area contributed by atoms with Gasteiger partial charge in [0.1, 0.15) is 6.10 Å². The number of rotatable bonds is 6. The Morgan fingerprint density at radius 3 is 2.56 bits per heavy atom. The molecule has 1 aliphatic heterocycles. The predicted octanol–water partition coefficient (Wildman–Crippen LogP) is 5.06. The van der Waals surface area contributed by atoms with Crippen LogP contribution in [0.15, 0.2) is 66.9 Å². The number of fused-ring (bicyclic) bond motifs is 2. The van der Waals surface area contributed by atoms with Gasteiger partial charge in [-0.3, -0.25) is 4.84 Å². The summed E-state index contributed by atoms with van der Waals surface area (Å²) in [7, 11) is 0. The summed E-state index contributed by atoms with van der Waals surface area (Å²) in [4.78, 5) is 12.2. The molecule has 5 rings (SSSR count). The van der Waals surface area contributed by atoms with E-state index in [1.54, 1.807) is 0 Å². The van der Waals surface area contributed by atoms with Gasteiger partial charge in [-0.05, 0) is 54.6 Å². The lowest BCUT2D eigenvalue weighted by Crippen LogP contribution is -2.46. The van der Waals surface area contributed by atoms with E-state index in [2.05, 4.69) is 88.7 Å². The number of benzene rings is 3. The molecule has 1 unspecified atom stereocenters. The summed E-state index contributed by atoms with van der Waals surface area (Å²) in [5.74, 6) is 0. The van der Waals surface area contributed by atoms with Crippen LogP contribution < -0.4 is 10.6 Å². The Morgan fingerprint density at radius 2 is 1.75 bits per heavy atom. The van der Waals surface area contributed by atoms with Gasteiger partial charge in [0.15, 0.2) is 0 Å². The van der Waals surface area contributed by atoms with Crippen molar-refractivity contribution in [2.75, 3.05) is 37.6 Å². The molecule has 168 valence electrons. The standard InChI is InChI=1S/C26H30N4O.ClH/c1-19(21-9-10-25-24(17-21)22(11-12-27)18-28-25)31-30-15-13-29(14-16-30)26-8-4-6-20-5-2-3-7-23(20)26;/h2-10,17-19,28H,11-16,27H2,1H3;1H. The van der Waals surface area contributed by atoms with Gasteiger partial charge in [-0.15, -0.1) is 12.4 Å². The van der Waals surface area contributed by atoms with E-state index >= 15 is 0 Å². The molecule has 1 atom stereocenters. The Labute approximate surface area is 195 Å². The van der Waals surface area contributed by atoms with Gasteiger partial charge in [0.25, 0.3) is 0 Å². The first-order chi connectivity index (χ1) is 15.2. The van der Waals surface area contributed by atoms with Gasteiger partial charge in [0, 0.05) is 54.4 Å². The number of nitrogens with zero attached hydrogens (tertiary/aromatic N) is 2. The first-order valence-corrected chi connectivity index (χ1v) is 11.2. The highest BCUT2D eigenvalue weighted by Gasteiger charge is 2.21. The molecule has 3 aromatic carbocycles. The van der Waals surface area contributed by atoms with E-state index in [9.17, 15) is 0 Å². The van der Waals surface area contributed by atoms with Crippen LogP contribution in [0.4, 0.5) is 5.69 Å². The maximum absolute atomic E-state index is 6.35. The second kappa shape index (κ2) is 9.92. The molecule has 6 heteroatoms. The van der Waals surface area contributed by atoms with Crippen molar-refractivity contribution in [1.82, 2.24) is 10.0 Å². The van der Waals surface area contributed by atoms with Gasteiger partial charge in [-0.2, -0.15) is 5.06 Å².